The highest BCUT2D eigenvalue weighted by Crippen LogP contribution is 2.35. The van der Waals surface area contributed by atoms with Gasteiger partial charge in [0.1, 0.15) is 0 Å². The van der Waals surface area contributed by atoms with Crippen LogP contribution < -0.4 is 5.48 Å². The van der Waals surface area contributed by atoms with Gasteiger partial charge < -0.3 is 9.40 Å². The topological polar surface area (TPSA) is 60.3 Å². The Morgan fingerprint density at radius 3 is 2.26 bits per heavy atom. The van der Waals surface area contributed by atoms with Gasteiger partial charge in [0.2, 0.25) is 5.78 Å². The van der Waals surface area contributed by atoms with Gasteiger partial charge in [0.25, 0.3) is 0 Å². The number of allylic oxidation sites excluding steroid dienone is 1. The van der Waals surface area contributed by atoms with Gasteiger partial charge in [-0.05, 0) is 80.0 Å². The van der Waals surface area contributed by atoms with Crippen LogP contribution in [0.2, 0.25) is 0 Å². The molecule has 4 aromatic rings. The van der Waals surface area contributed by atoms with Gasteiger partial charge in [0, 0.05) is 46.4 Å². The summed E-state index contributed by atoms with van der Waals surface area (Å²) in [7, 11) is 0. The fourth-order valence-corrected chi connectivity index (χ4v) is 5.66. The highest BCUT2D eigenvalue weighted by atomic mass is 32.1. The molecule has 1 aliphatic carbocycles. The van der Waals surface area contributed by atoms with Gasteiger partial charge in [0.15, 0.2) is 0 Å². The first-order valence-corrected chi connectivity index (χ1v) is 12.7. The number of thiophene rings is 1. The lowest BCUT2D eigenvalue weighted by Crippen LogP contribution is -2.19. The van der Waals surface area contributed by atoms with Gasteiger partial charge in [0.05, 0.1) is 10.6 Å². The van der Waals surface area contributed by atoms with Crippen LogP contribution in [0.3, 0.4) is 0 Å². The van der Waals surface area contributed by atoms with Crippen LogP contribution in [0.15, 0.2) is 59.5 Å². The molecule has 6 heteroatoms. The third-order valence-corrected chi connectivity index (χ3v) is 7.45. The third-order valence-electron chi connectivity index (χ3n) is 6.58. The first-order valence-electron chi connectivity index (χ1n) is 11.9. The van der Waals surface area contributed by atoms with E-state index < -0.39 is 0 Å². The number of carbonyl (C=O) groups is 2. The van der Waals surface area contributed by atoms with E-state index >= 15 is 0 Å². The molecule has 34 heavy (non-hydrogen) atoms. The largest absolute Gasteiger partial charge is 0.344 e. The summed E-state index contributed by atoms with van der Waals surface area (Å²) in [6, 6.07) is 16.2. The van der Waals surface area contributed by atoms with Gasteiger partial charge >= 0.3 is 5.97 Å². The van der Waals surface area contributed by atoms with E-state index in [1.807, 2.05) is 29.6 Å². The Bertz CT molecular complexity index is 1400. The molecule has 0 amide bonds. The fourth-order valence-electron chi connectivity index (χ4n) is 4.98. The van der Waals surface area contributed by atoms with E-state index in [4.69, 9.17) is 4.84 Å². The summed E-state index contributed by atoms with van der Waals surface area (Å²) in [4.78, 5) is 30.6. The molecule has 0 bridgehead atoms. The number of nitrogens with one attached hydrogen (secondary N) is 1. The zero-order chi connectivity index (χ0) is 23.7. The zero-order valence-corrected chi connectivity index (χ0v) is 20.3. The average molecular weight is 473 g/mol. The Morgan fingerprint density at radius 1 is 0.971 bits per heavy atom. The molecule has 0 spiro atoms. The molecule has 0 atom stereocenters. The number of hydroxylamine groups is 1. The van der Waals surface area contributed by atoms with E-state index in [2.05, 4.69) is 41.2 Å². The van der Waals surface area contributed by atoms with E-state index in [1.54, 1.807) is 0 Å². The van der Waals surface area contributed by atoms with Crippen molar-refractivity contribution in [1.29, 1.82) is 0 Å². The number of hydrogen-bond acceptors (Lipinski definition) is 5. The predicted molar refractivity (Wildman–Crippen MR) is 138 cm³/mol. The maximum atomic E-state index is 13.0. The Hall–Kier alpha value is -3.38. The van der Waals surface area contributed by atoms with Crippen LogP contribution in [0.4, 0.5) is 0 Å². The Labute approximate surface area is 203 Å². The third kappa shape index (κ3) is 4.14. The van der Waals surface area contributed by atoms with Crippen molar-refractivity contribution in [2.75, 3.05) is 0 Å². The number of rotatable bonds is 6. The second-order valence-electron chi connectivity index (χ2n) is 8.75. The molecule has 2 aromatic heterocycles. The molecule has 0 radical (unpaired) electrons. The molecular weight excluding hydrogens is 444 g/mol. The second-order valence-corrected chi connectivity index (χ2v) is 9.70. The number of nitrogens with zero attached hydrogens (tertiary/aromatic N) is 1. The standard InChI is InChI=1S/C28H28N2O3S/c1-3-30-24-13-11-20(27(29-33-18(2)31)19-8-5-4-6-9-19)16-22(24)23-17-21(12-14-25(23)30)28(32)26-10-7-15-34-26/h7,10-17,29H,3-6,8-9H2,1-2H3. The Balaban J connectivity index is 1.67. The lowest BCUT2D eigenvalue weighted by Gasteiger charge is -2.20. The summed E-state index contributed by atoms with van der Waals surface area (Å²) in [6.45, 7) is 4.37. The number of aromatic nitrogens is 1. The molecule has 174 valence electrons. The molecule has 1 N–H and O–H groups in total. The molecule has 1 fully saturated rings. The molecule has 0 unspecified atom stereocenters. The Morgan fingerprint density at radius 2 is 1.65 bits per heavy atom. The summed E-state index contributed by atoms with van der Waals surface area (Å²) in [5.74, 6) is -0.318. The van der Waals surface area contributed by atoms with Gasteiger partial charge in [-0.25, -0.2) is 5.48 Å². The summed E-state index contributed by atoms with van der Waals surface area (Å²) in [5, 5.41) is 4.08. The maximum Gasteiger partial charge on any atom is 0.329 e. The lowest BCUT2D eigenvalue weighted by atomic mass is 9.91. The van der Waals surface area contributed by atoms with E-state index in [0.717, 1.165) is 70.2 Å². The van der Waals surface area contributed by atoms with Crippen LogP contribution >= 0.6 is 11.3 Å². The SMILES string of the molecule is CCn1c2ccc(C(=O)c3cccs3)cc2c2cc(C(NOC(C)=O)=C3CCCCC3)ccc21. The van der Waals surface area contributed by atoms with Crippen LogP contribution in [0.5, 0.6) is 0 Å². The summed E-state index contributed by atoms with van der Waals surface area (Å²) in [6.07, 6.45) is 5.52. The monoisotopic (exact) mass is 472 g/mol. The number of benzene rings is 2. The van der Waals surface area contributed by atoms with E-state index in [0.29, 0.717) is 5.56 Å². The molecule has 1 aliphatic rings. The van der Waals surface area contributed by atoms with Crippen LogP contribution in [0.1, 0.15) is 66.8 Å². The molecule has 2 heterocycles. The van der Waals surface area contributed by atoms with Crippen LogP contribution in [-0.4, -0.2) is 16.3 Å². The average Bonchev–Trinajstić information content (AvgIpc) is 3.50. The van der Waals surface area contributed by atoms with Crippen molar-refractivity contribution in [3.8, 4) is 0 Å². The van der Waals surface area contributed by atoms with Crippen LogP contribution in [0.25, 0.3) is 27.5 Å². The van der Waals surface area contributed by atoms with Crippen molar-refractivity contribution < 1.29 is 14.4 Å². The molecule has 0 aliphatic heterocycles. The highest BCUT2D eigenvalue weighted by molar-refractivity contribution is 7.12. The number of carbonyl (C=O) groups excluding carboxylic acids is 2. The second kappa shape index (κ2) is 9.47. The van der Waals surface area contributed by atoms with Crippen LogP contribution in [-0.2, 0) is 16.2 Å². The van der Waals surface area contributed by atoms with Crippen LogP contribution in [0, 0.1) is 0 Å². The maximum absolute atomic E-state index is 13.0. The van der Waals surface area contributed by atoms with Gasteiger partial charge in [-0.15, -0.1) is 11.3 Å². The predicted octanol–water partition coefficient (Wildman–Crippen LogP) is 6.85. The molecule has 2 aromatic carbocycles. The Kier molecular flexibility index (Phi) is 6.24. The van der Waals surface area contributed by atoms with Crippen molar-refractivity contribution in [2.45, 2.75) is 52.5 Å². The number of aryl methyl sites for hydroxylation is 1. The minimum atomic E-state index is -0.366. The smallest absolute Gasteiger partial charge is 0.329 e. The molecule has 1 saturated carbocycles. The lowest BCUT2D eigenvalue weighted by molar-refractivity contribution is -0.145. The number of fused-ring (bicyclic) bond motifs is 3. The van der Waals surface area contributed by atoms with E-state index in [1.165, 1.54) is 30.3 Å². The number of ketones is 1. The van der Waals surface area contributed by atoms with Crippen molar-refractivity contribution in [2.24, 2.45) is 0 Å². The van der Waals surface area contributed by atoms with Crippen molar-refractivity contribution >= 4 is 50.6 Å². The van der Waals surface area contributed by atoms with Crippen molar-refractivity contribution in [1.82, 2.24) is 10.0 Å². The minimum absolute atomic E-state index is 0.0481. The summed E-state index contributed by atoms with van der Waals surface area (Å²) >= 11 is 1.46. The summed E-state index contributed by atoms with van der Waals surface area (Å²) < 4.78 is 2.28. The van der Waals surface area contributed by atoms with E-state index in [9.17, 15) is 9.59 Å². The summed E-state index contributed by atoms with van der Waals surface area (Å²) in [5.41, 5.74) is 9.06. The normalized spacial score (nSPS) is 13.9. The first kappa shape index (κ1) is 22.4. The van der Waals surface area contributed by atoms with Crippen molar-refractivity contribution in [3.63, 3.8) is 0 Å². The van der Waals surface area contributed by atoms with Gasteiger partial charge in [-0.1, -0.05) is 18.6 Å². The molecule has 5 rings (SSSR count). The quantitative estimate of drug-likeness (QED) is 0.246. The van der Waals surface area contributed by atoms with Gasteiger partial charge in [-0.3, -0.25) is 9.59 Å². The van der Waals surface area contributed by atoms with Gasteiger partial charge in [-0.2, -0.15) is 0 Å². The van der Waals surface area contributed by atoms with E-state index in [-0.39, 0.29) is 11.8 Å². The minimum Gasteiger partial charge on any atom is -0.344 e. The zero-order valence-electron chi connectivity index (χ0n) is 19.5. The molecule has 5 nitrogen and oxygen atoms in total. The molecular formula is C28H28N2O3S. The fraction of sp³-hybridized carbons (Fsp3) is 0.286. The highest BCUT2D eigenvalue weighted by Gasteiger charge is 2.18. The first-order chi connectivity index (χ1) is 16.6. The van der Waals surface area contributed by atoms with Crippen molar-refractivity contribution in [3.05, 3.63) is 75.5 Å². The number of hydrogen-bond donors (Lipinski definition) is 1. The molecule has 0 saturated heterocycles.